The molecule has 5 rings (SSSR count). The normalized spacial score (nSPS) is 16.8. The average Bonchev–Trinajstić information content (AvgIpc) is 3.06. The van der Waals surface area contributed by atoms with E-state index in [9.17, 15) is 31.4 Å². The van der Waals surface area contributed by atoms with Gasteiger partial charge in [0.15, 0.2) is 0 Å². The van der Waals surface area contributed by atoms with Gasteiger partial charge < -0.3 is 25.7 Å². The van der Waals surface area contributed by atoms with E-state index in [1.807, 2.05) is 30.5 Å². The van der Waals surface area contributed by atoms with E-state index in [0.717, 1.165) is 68.0 Å². The molecule has 2 aromatic carbocycles. The topological polar surface area (TPSA) is 93.5 Å². The largest absolute Gasteiger partial charge is 0.433 e. The summed E-state index contributed by atoms with van der Waals surface area (Å²) in [5.74, 6) is 0. The summed E-state index contributed by atoms with van der Waals surface area (Å²) in [5, 5.41) is 27.9. The van der Waals surface area contributed by atoms with Crippen LogP contribution in [0.4, 0.5) is 32.0 Å². The molecule has 0 aliphatic carbocycles. The number of para-hydroxylation sites is 1. The van der Waals surface area contributed by atoms with Crippen LogP contribution in [0.2, 0.25) is 5.02 Å². The molecule has 14 heteroatoms. The Morgan fingerprint density at radius 1 is 1.02 bits per heavy atom. The Hall–Kier alpha value is -3.23. The molecule has 4 aromatic rings. The van der Waals surface area contributed by atoms with Gasteiger partial charge >= 0.3 is 12.4 Å². The average molecular weight is 714 g/mol. The van der Waals surface area contributed by atoms with Crippen molar-refractivity contribution >= 4 is 39.1 Å². The van der Waals surface area contributed by atoms with Crippen LogP contribution in [0, 0.1) is 0 Å². The molecule has 1 fully saturated rings. The van der Waals surface area contributed by atoms with Crippen LogP contribution in [0.3, 0.4) is 0 Å². The zero-order chi connectivity index (χ0) is 35.8. The lowest BCUT2D eigenvalue weighted by Gasteiger charge is -2.29. The molecular weight excluding hydrogens is 672 g/mol. The molecule has 3 heterocycles. The fraction of sp³-hybridized carbons (Fsp3) is 0.486. The van der Waals surface area contributed by atoms with Crippen LogP contribution < -0.4 is 10.6 Å². The van der Waals surface area contributed by atoms with Crippen LogP contribution in [0.5, 0.6) is 0 Å². The van der Waals surface area contributed by atoms with Gasteiger partial charge in [0.25, 0.3) is 0 Å². The summed E-state index contributed by atoms with van der Waals surface area (Å²) in [6.45, 7) is 7.91. The maximum absolute atomic E-state index is 13.2. The predicted octanol–water partition coefficient (Wildman–Crippen LogP) is 8.23. The predicted molar refractivity (Wildman–Crippen MR) is 181 cm³/mol. The fourth-order valence-corrected chi connectivity index (χ4v) is 6.20. The van der Waals surface area contributed by atoms with Crippen molar-refractivity contribution in [2.45, 2.75) is 76.5 Å². The molecule has 2 aromatic heterocycles. The molecule has 1 saturated heterocycles. The second-order valence-electron chi connectivity index (χ2n) is 12.2. The second kappa shape index (κ2) is 17.1. The first-order valence-electron chi connectivity index (χ1n) is 16.4. The molecule has 0 radical (unpaired) electrons. The molecule has 268 valence electrons. The minimum atomic E-state index is -4.93. The number of anilines is 1. The highest BCUT2D eigenvalue weighted by Crippen LogP contribution is 2.40. The third-order valence-electron chi connectivity index (χ3n) is 8.60. The Labute approximate surface area is 286 Å². The number of benzene rings is 2. The van der Waals surface area contributed by atoms with E-state index in [1.165, 1.54) is 6.07 Å². The molecular formula is C35H42ClF6N5O2. The molecule has 1 aliphatic rings. The number of fused-ring (bicyclic) bond motifs is 2. The summed E-state index contributed by atoms with van der Waals surface area (Å²) >= 11 is 6.03. The first kappa shape index (κ1) is 38.6. The Morgan fingerprint density at radius 2 is 1.80 bits per heavy atom. The number of aliphatic hydroxyl groups is 2. The quantitative estimate of drug-likeness (QED) is 0.116. The smallest absolute Gasteiger partial charge is 0.395 e. The van der Waals surface area contributed by atoms with Crippen molar-refractivity contribution in [2.24, 2.45) is 0 Å². The van der Waals surface area contributed by atoms with Gasteiger partial charge in [0, 0.05) is 46.3 Å². The zero-order valence-corrected chi connectivity index (χ0v) is 28.1. The van der Waals surface area contributed by atoms with Crippen LogP contribution in [0.1, 0.15) is 68.9 Å². The third-order valence-corrected chi connectivity index (χ3v) is 8.83. The van der Waals surface area contributed by atoms with Crippen molar-refractivity contribution in [2.75, 3.05) is 38.1 Å². The van der Waals surface area contributed by atoms with E-state index in [4.69, 9.17) is 16.7 Å². The monoisotopic (exact) mass is 713 g/mol. The first-order valence-corrected chi connectivity index (χ1v) is 16.7. The van der Waals surface area contributed by atoms with Gasteiger partial charge in [0.1, 0.15) is 5.69 Å². The maximum Gasteiger partial charge on any atom is 0.433 e. The summed E-state index contributed by atoms with van der Waals surface area (Å²) < 4.78 is 79.3. The first-order chi connectivity index (χ1) is 23.2. The van der Waals surface area contributed by atoms with Crippen molar-refractivity contribution in [1.29, 1.82) is 0 Å². The van der Waals surface area contributed by atoms with Crippen LogP contribution in [0.15, 0.2) is 54.7 Å². The van der Waals surface area contributed by atoms with E-state index < -0.39 is 41.3 Å². The molecule has 0 saturated carbocycles. The number of nitrogens with zero attached hydrogens (tertiary/aromatic N) is 3. The molecule has 0 amide bonds. The summed E-state index contributed by atoms with van der Waals surface area (Å²) in [5.41, 5.74) is -1.71. The summed E-state index contributed by atoms with van der Waals surface area (Å²) in [6, 6.07) is 11.3. The van der Waals surface area contributed by atoms with E-state index in [-0.39, 0.29) is 17.6 Å². The molecule has 49 heavy (non-hydrogen) atoms. The lowest BCUT2D eigenvalue weighted by Crippen LogP contribution is -2.39. The Morgan fingerprint density at radius 3 is 2.45 bits per heavy atom. The highest BCUT2D eigenvalue weighted by molar-refractivity contribution is 6.31. The van der Waals surface area contributed by atoms with Crippen molar-refractivity contribution in [3.63, 3.8) is 0 Å². The van der Waals surface area contributed by atoms with Crippen molar-refractivity contribution < 1.29 is 36.6 Å². The Bertz CT molecular complexity index is 1670. The molecule has 1 unspecified atom stereocenters. The lowest BCUT2D eigenvalue weighted by atomic mass is 9.91. The highest BCUT2D eigenvalue weighted by Gasteiger charge is 2.38. The number of piperidine rings is 1. The Kier molecular flexibility index (Phi) is 13.5. The van der Waals surface area contributed by atoms with Gasteiger partial charge in [-0.25, -0.2) is 4.98 Å². The van der Waals surface area contributed by atoms with Crippen molar-refractivity contribution in [1.82, 2.24) is 20.2 Å². The van der Waals surface area contributed by atoms with Gasteiger partial charge in [-0.2, -0.15) is 26.3 Å². The minimum Gasteiger partial charge on any atom is -0.395 e. The molecule has 3 atom stereocenters. The van der Waals surface area contributed by atoms with Crippen LogP contribution >= 0.6 is 11.6 Å². The number of likely N-dealkylation sites (N-methyl/N-ethyl adjacent to an activating group) is 1. The number of alkyl halides is 6. The standard InChI is InChI=1S/C18H26ClN3O.C17H16F6N2O/c1-3-22(11-12-23)10-4-5-14(2)21-17-8-9-20-18-13-15(19)6-7-16(17)18;18-16(19,20)11-5-3-4-9-10(15(26)12-6-1-2-7-24-12)8-13(17(21,22)23)25-14(9)11/h6-9,13-14,23H,3-5,10-12H2,1-2H3,(H,20,21);3-5,8,12,15,24,26H,1-2,6-7H2/t;12-,15+/m.1/s1. The number of pyridine rings is 2. The SMILES string of the molecule is CCN(CCO)CCCC(C)Nc1ccnc2cc(Cl)ccc12.O[C@@H](c1cc(C(F)(F)F)nc2c(C(F)(F)F)cccc12)[C@H]1CCCCN1. The number of rotatable bonds is 11. The number of halogens is 7. The number of hydrogen-bond donors (Lipinski definition) is 4. The van der Waals surface area contributed by atoms with E-state index in [2.05, 4.69) is 39.3 Å². The van der Waals surface area contributed by atoms with Gasteiger partial charge in [-0.1, -0.05) is 37.1 Å². The zero-order valence-electron chi connectivity index (χ0n) is 27.4. The minimum absolute atomic E-state index is 0.132. The number of hydrogen-bond acceptors (Lipinski definition) is 7. The molecule has 0 spiro atoms. The molecule has 0 bridgehead atoms. The molecule has 7 nitrogen and oxygen atoms in total. The van der Waals surface area contributed by atoms with Crippen molar-refractivity contribution in [3.05, 3.63) is 76.6 Å². The van der Waals surface area contributed by atoms with Gasteiger partial charge in [-0.05, 0) is 94.2 Å². The second-order valence-corrected chi connectivity index (χ2v) is 12.6. The van der Waals surface area contributed by atoms with Crippen molar-refractivity contribution in [3.8, 4) is 0 Å². The van der Waals surface area contributed by atoms with Crippen LogP contribution in [-0.2, 0) is 12.4 Å². The van der Waals surface area contributed by atoms with Gasteiger partial charge in [0.2, 0.25) is 0 Å². The van der Waals surface area contributed by atoms with Gasteiger partial charge in [0.05, 0.1) is 29.3 Å². The van der Waals surface area contributed by atoms with Crippen LogP contribution in [-0.4, -0.2) is 70.0 Å². The Balaban J connectivity index is 0.000000223. The molecule has 1 aliphatic heterocycles. The molecule has 4 N–H and O–H groups in total. The third kappa shape index (κ3) is 10.4. The van der Waals surface area contributed by atoms with Gasteiger partial charge in [-0.15, -0.1) is 0 Å². The number of nitrogens with one attached hydrogen (secondary N) is 2. The van der Waals surface area contributed by atoms with E-state index in [0.29, 0.717) is 36.2 Å². The van der Waals surface area contributed by atoms with E-state index in [1.54, 1.807) is 0 Å². The highest BCUT2D eigenvalue weighted by atomic mass is 35.5. The lowest BCUT2D eigenvalue weighted by molar-refractivity contribution is -0.142. The van der Waals surface area contributed by atoms with Gasteiger partial charge in [-0.3, -0.25) is 4.98 Å². The number of aliphatic hydroxyl groups excluding tert-OH is 2. The number of aromatic nitrogens is 2. The van der Waals surface area contributed by atoms with E-state index >= 15 is 0 Å². The summed E-state index contributed by atoms with van der Waals surface area (Å²) in [7, 11) is 0. The summed E-state index contributed by atoms with van der Waals surface area (Å²) in [6.07, 6.45) is -4.99. The van der Waals surface area contributed by atoms with Crippen LogP contribution in [0.25, 0.3) is 21.8 Å². The fourth-order valence-electron chi connectivity index (χ4n) is 6.03. The summed E-state index contributed by atoms with van der Waals surface area (Å²) in [4.78, 5) is 9.87. The maximum atomic E-state index is 13.2.